The number of morpholine rings is 1. The van der Waals surface area contributed by atoms with Gasteiger partial charge in [-0.15, -0.1) is 0 Å². The average molecular weight is 377 g/mol. The van der Waals surface area contributed by atoms with E-state index in [-0.39, 0.29) is 24.2 Å². The van der Waals surface area contributed by atoms with Gasteiger partial charge in [-0.3, -0.25) is 4.90 Å². The minimum atomic E-state index is -0.339. The molecule has 0 spiro atoms. The number of nitrogens with zero attached hydrogens (tertiary/aromatic N) is 1. The lowest BCUT2D eigenvalue weighted by Gasteiger charge is -2.35. The number of benzene rings is 1. The summed E-state index contributed by atoms with van der Waals surface area (Å²) < 4.78 is 10.9. The van der Waals surface area contributed by atoms with E-state index < -0.39 is 0 Å². The van der Waals surface area contributed by atoms with Crippen molar-refractivity contribution in [1.29, 1.82) is 0 Å². The van der Waals surface area contributed by atoms with Crippen molar-refractivity contribution in [2.75, 3.05) is 38.1 Å². The molecule has 1 aromatic rings. The fourth-order valence-electron chi connectivity index (χ4n) is 3.05. The number of nitrogens with one attached hydrogen (secondary N) is 2. The van der Waals surface area contributed by atoms with Crippen LogP contribution in [0, 0.1) is 0 Å². The summed E-state index contributed by atoms with van der Waals surface area (Å²) in [4.78, 5) is 26.2. The number of ether oxygens (including phenoxy) is 2. The number of urea groups is 1. The van der Waals surface area contributed by atoms with Gasteiger partial charge in [0.05, 0.1) is 24.4 Å². The number of hydrogen-bond acceptors (Lipinski definition) is 5. The fourth-order valence-corrected chi connectivity index (χ4v) is 3.05. The van der Waals surface area contributed by atoms with Crippen LogP contribution in [0.4, 0.5) is 10.5 Å². The van der Waals surface area contributed by atoms with Crippen LogP contribution in [0.1, 0.15) is 44.0 Å². The Morgan fingerprint density at radius 1 is 1.19 bits per heavy atom. The van der Waals surface area contributed by atoms with Crippen molar-refractivity contribution in [3.63, 3.8) is 0 Å². The molecule has 2 atom stereocenters. The highest BCUT2D eigenvalue weighted by atomic mass is 16.5. The highest BCUT2D eigenvalue weighted by molar-refractivity contribution is 5.92. The van der Waals surface area contributed by atoms with Gasteiger partial charge in [0.15, 0.2) is 0 Å². The van der Waals surface area contributed by atoms with Crippen molar-refractivity contribution >= 4 is 17.7 Å². The van der Waals surface area contributed by atoms with Crippen molar-refractivity contribution in [3.8, 4) is 0 Å². The van der Waals surface area contributed by atoms with Crippen molar-refractivity contribution in [2.24, 2.45) is 0 Å². The predicted molar refractivity (Wildman–Crippen MR) is 105 cm³/mol. The molecule has 2 unspecified atom stereocenters. The van der Waals surface area contributed by atoms with Crippen LogP contribution in [0.5, 0.6) is 0 Å². The fraction of sp³-hybridized carbons (Fsp3) is 0.600. The van der Waals surface area contributed by atoms with Gasteiger partial charge in [-0.1, -0.05) is 13.3 Å². The van der Waals surface area contributed by atoms with Crippen LogP contribution in [0.15, 0.2) is 24.3 Å². The number of esters is 1. The molecule has 7 heteroatoms. The number of unbranched alkanes of at least 4 members (excludes halogenated alkanes) is 1. The molecule has 0 aliphatic carbocycles. The van der Waals surface area contributed by atoms with Gasteiger partial charge in [0.25, 0.3) is 0 Å². The SMILES string of the molecule is CCCCOC(=O)c1ccc(NC(=O)NCCN2CC(C)OC(C)C2)cc1. The zero-order valence-electron chi connectivity index (χ0n) is 16.5. The Hall–Kier alpha value is -2.12. The molecule has 2 N–H and O–H groups in total. The van der Waals surface area contributed by atoms with Crippen LogP contribution >= 0.6 is 0 Å². The van der Waals surface area contributed by atoms with E-state index in [1.165, 1.54) is 0 Å². The zero-order chi connectivity index (χ0) is 19.6. The largest absolute Gasteiger partial charge is 0.462 e. The molecule has 27 heavy (non-hydrogen) atoms. The highest BCUT2D eigenvalue weighted by Crippen LogP contribution is 2.11. The summed E-state index contributed by atoms with van der Waals surface area (Å²) in [6.45, 7) is 9.70. The predicted octanol–water partition coefficient (Wildman–Crippen LogP) is 2.87. The van der Waals surface area contributed by atoms with Crippen molar-refractivity contribution < 1.29 is 19.1 Å². The molecule has 1 saturated heterocycles. The average Bonchev–Trinajstić information content (AvgIpc) is 2.61. The van der Waals surface area contributed by atoms with E-state index in [1.54, 1.807) is 24.3 Å². The second-order valence-corrected chi connectivity index (χ2v) is 6.96. The van der Waals surface area contributed by atoms with Gasteiger partial charge in [-0.2, -0.15) is 0 Å². The Balaban J connectivity index is 1.70. The molecule has 7 nitrogen and oxygen atoms in total. The molecule has 150 valence electrons. The Morgan fingerprint density at radius 2 is 1.85 bits per heavy atom. The molecule has 2 rings (SSSR count). The van der Waals surface area contributed by atoms with E-state index in [9.17, 15) is 9.59 Å². The Kier molecular flexibility index (Phi) is 8.54. The van der Waals surface area contributed by atoms with Crippen LogP contribution in [0.2, 0.25) is 0 Å². The van der Waals surface area contributed by atoms with E-state index in [0.717, 1.165) is 32.5 Å². The van der Waals surface area contributed by atoms with Gasteiger partial charge in [0, 0.05) is 31.9 Å². The smallest absolute Gasteiger partial charge is 0.338 e. The molecule has 0 bridgehead atoms. The highest BCUT2D eigenvalue weighted by Gasteiger charge is 2.21. The molecule has 1 aliphatic rings. The lowest BCUT2D eigenvalue weighted by atomic mass is 10.2. The number of hydrogen-bond donors (Lipinski definition) is 2. The maximum Gasteiger partial charge on any atom is 0.338 e. The van der Waals surface area contributed by atoms with Crippen LogP contribution in [0.3, 0.4) is 0 Å². The van der Waals surface area contributed by atoms with E-state index >= 15 is 0 Å². The van der Waals surface area contributed by atoms with Crippen LogP contribution < -0.4 is 10.6 Å². The summed E-state index contributed by atoms with van der Waals surface area (Å²) in [7, 11) is 0. The first-order chi connectivity index (χ1) is 13.0. The summed E-state index contributed by atoms with van der Waals surface area (Å²) in [5, 5.41) is 5.63. The molecule has 0 saturated carbocycles. The van der Waals surface area contributed by atoms with Gasteiger partial charge < -0.3 is 20.1 Å². The molecule has 1 fully saturated rings. The van der Waals surface area contributed by atoms with Crippen LogP contribution in [0.25, 0.3) is 0 Å². The minimum absolute atomic E-state index is 0.217. The Morgan fingerprint density at radius 3 is 2.48 bits per heavy atom. The first kappa shape index (κ1) is 21.2. The van der Waals surface area contributed by atoms with Crippen molar-refractivity contribution in [2.45, 2.75) is 45.8 Å². The van der Waals surface area contributed by atoms with Gasteiger partial charge in [-0.05, 0) is 44.5 Å². The number of anilines is 1. The lowest BCUT2D eigenvalue weighted by Crippen LogP contribution is -2.48. The third-order valence-corrected chi connectivity index (χ3v) is 4.32. The van der Waals surface area contributed by atoms with E-state index in [2.05, 4.69) is 29.4 Å². The molecule has 1 heterocycles. The summed E-state index contributed by atoms with van der Waals surface area (Å²) >= 11 is 0. The summed E-state index contributed by atoms with van der Waals surface area (Å²) in [6, 6.07) is 6.44. The van der Waals surface area contributed by atoms with E-state index in [1.807, 2.05) is 6.92 Å². The van der Waals surface area contributed by atoms with Crippen molar-refractivity contribution in [1.82, 2.24) is 10.2 Å². The molecular formula is C20H31N3O4. The van der Waals surface area contributed by atoms with E-state index in [4.69, 9.17) is 9.47 Å². The lowest BCUT2D eigenvalue weighted by molar-refractivity contribution is -0.0672. The second kappa shape index (κ2) is 10.9. The van der Waals surface area contributed by atoms with E-state index in [0.29, 0.717) is 24.4 Å². The summed E-state index contributed by atoms with van der Waals surface area (Å²) in [5.74, 6) is -0.339. The molecule has 1 aliphatic heterocycles. The molecule has 0 radical (unpaired) electrons. The standard InChI is InChI=1S/C20H31N3O4/c1-4-5-12-26-19(24)17-6-8-18(9-7-17)22-20(25)21-10-11-23-13-15(2)27-16(3)14-23/h6-9,15-16H,4-5,10-14H2,1-3H3,(H2,21,22,25). The second-order valence-electron chi connectivity index (χ2n) is 6.96. The summed E-state index contributed by atoms with van der Waals surface area (Å²) in [5.41, 5.74) is 1.11. The van der Waals surface area contributed by atoms with Crippen molar-refractivity contribution in [3.05, 3.63) is 29.8 Å². The molecular weight excluding hydrogens is 346 g/mol. The third kappa shape index (κ3) is 7.56. The normalized spacial score (nSPS) is 20.1. The van der Waals surface area contributed by atoms with Gasteiger partial charge in [0.1, 0.15) is 0 Å². The third-order valence-electron chi connectivity index (χ3n) is 4.32. The maximum absolute atomic E-state index is 12.0. The number of carbonyl (C=O) groups excluding carboxylic acids is 2. The number of rotatable bonds is 8. The Bertz CT molecular complexity index is 596. The first-order valence-corrected chi connectivity index (χ1v) is 9.67. The summed E-state index contributed by atoms with van der Waals surface area (Å²) in [6.07, 6.45) is 2.27. The number of carbonyl (C=O) groups is 2. The van der Waals surface area contributed by atoms with Gasteiger partial charge in [-0.25, -0.2) is 9.59 Å². The Labute approximate surface area is 161 Å². The zero-order valence-corrected chi connectivity index (χ0v) is 16.5. The molecule has 1 aromatic carbocycles. The van der Waals surface area contributed by atoms with Gasteiger partial charge >= 0.3 is 12.0 Å². The topological polar surface area (TPSA) is 79.9 Å². The van der Waals surface area contributed by atoms with Gasteiger partial charge in [0.2, 0.25) is 0 Å². The molecule has 2 amide bonds. The van der Waals surface area contributed by atoms with Crippen LogP contribution in [-0.4, -0.2) is 61.9 Å². The number of amides is 2. The molecule has 0 aromatic heterocycles. The quantitative estimate of drug-likeness (QED) is 0.538. The monoisotopic (exact) mass is 377 g/mol. The minimum Gasteiger partial charge on any atom is -0.462 e. The van der Waals surface area contributed by atoms with Crippen LogP contribution in [-0.2, 0) is 9.47 Å². The first-order valence-electron chi connectivity index (χ1n) is 9.67. The maximum atomic E-state index is 12.0.